The third-order valence-electron chi connectivity index (χ3n) is 5.86. The molecule has 6 nitrogen and oxygen atoms in total. The second-order valence-electron chi connectivity index (χ2n) is 7.37. The Bertz CT molecular complexity index is 893. The number of aromatic nitrogens is 3. The number of esters is 1. The van der Waals surface area contributed by atoms with E-state index in [9.17, 15) is 18.0 Å². The van der Waals surface area contributed by atoms with Crippen LogP contribution in [0, 0.1) is 17.8 Å². The van der Waals surface area contributed by atoms with Gasteiger partial charge in [0.15, 0.2) is 5.82 Å². The summed E-state index contributed by atoms with van der Waals surface area (Å²) in [7, 11) is 0. The van der Waals surface area contributed by atoms with Crippen LogP contribution < -0.4 is 5.32 Å². The molecular formula is C18H20ClF3N4O2. The Kier molecular flexibility index (Phi) is 4.89. The van der Waals surface area contributed by atoms with Crippen LogP contribution in [0.2, 0.25) is 5.28 Å². The van der Waals surface area contributed by atoms with Gasteiger partial charge in [-0.2, -0.15) is 18.2 Å². The fourth-order valence-corrected chi connectivity index (χ4v) is 4.84. The van der Waals surface area contributed by atoms with E-state index in [1.54, 1.807) is 6.92 Å². The minimum Gasteiger partial charge on any atom is -0.466 e. The lowest BCUT2D eigenvalue weighted by Gasteiger charge is -2.47. The maximum Gasteiger partial charge on any atom is 0.433 e. The highest BCUT2D eigenvalue weighted by molar-refractivity contribution is 6.28. The summed E-state index contributed by atoms with van der Waals surface area (Å²) in [5.41, 5.74) is -0.761. The summed E-state index contributed by atoms with van der Waals surface area (Å²) in [5.74, 6) is 0.00946. The lowest BCUT2D eigenvalue weighted by atomic mass is 9.61. The first-order valence-electron chi connectivity index (χ1n) is 9.35. The van der Waals surface area contributed by atoms with Crippen molar-refractivity contribution in [3.8, 4) is 0 Å². The number of carbonyl (C=O) groups is 1. The molecule has 0 radical (unpaired) electrons. The number of ether oxygens (including phenoxy) is 1. The van der Waals surface area contributed by atoms with E-state index in [1.165, 1.54) is 6.07 Å². The van der Waals surface area contributed by atoms with Gasteiger partial charge in [0.2, 0.25) is 5.28 Å². The van der Waals surface area contributed by atoms with Crippen molar-refractivity contribution in [3.05, 3.63) is 23.1 Å². The fourth-order valence-electron chi connectivity index (χ4n) is 4.68. The molecule has 1 N–H and O–H groups in total. The number of hydrogen-bond acceptors (Lipinski definition) is 5. The number of nitrogens with zero attached hydrogens (tertiary/aromatic N) is 3. The van der Waals surface area contributed by atoms with Crippen molar-refractivity contribution in [2.75, 3.05) is 11.9 Å². The summed E-state index contributed by atoms with van der Waals surface area (Å²) in [4.78, 5) is 16.7. The highest BCUT2D eigenvalue weighted by Crippen LogP contribution is 2.47. The maximum atomic E-state index is 13.2. The van der Waals surface area contributed by atoms with Crippen molar-refractivity contribution >= 4 is 28.9 Å². The monoisotopic (exact) mass is 416 g/mol. The highest BCUT2D eigenvalue weighted by Gasteiger charge is 2.48. The van der Waals surface area contributed by atoms with Gasteiger partial charge in [0.1, 0.15) is 11.2 Å². The Morgan fingerprint density at radius 1 is 1.29 bits per heavy atom. The zero-order chi connectivity index (χ0) is 20.1. The molecule has 3 aliphatic carbocycles. The second kappa shape index (κ2) is 7.09. The van der Waals surface area contributed by atoms with Gasteiger partial charge in [0.25, 0.3) is 0 Å². The molecule has 3 fully saturated rings. The van der Waals surface area contributed by atoms with E-state index in [-0.39, 0.29) is 53.0 Å². The average Bonchev–Trinajstić information content (AvgIpc) is 3.07. The number of halogens is 4. The molecule has 0 amide bonds. The molecule has 0 saturated heterocycles. The van der Waals surface area contributed by atoms with E-state index >= 15 is 0 Å². The Balaban J connectivity index is 1.72. The quantitative estimate of drug-likeness (QED) is 0.757. The number of rotatable bonds is 4. The van der Waals surface area contributed by atoms with Crippen LogP contribution in [-0.2, 0) is 15.7 Å². The van der Waals surface area contributed by atoms with Crippen LogP contribution in [0.4, 0.5) is 19.0 Å². The number of alkyl halides is 3. The Morgan fingerprint density at radius 2 is 1.96 bits per heavy atom. The van der Waals surface area contributed by atoms with E-state index in [4.69, 9.17) is 16.3 Å². The summed E-state index contributed by atoms with van der Waals surface area (Å²) in [5, 5.41) is 6.63. The van der Waals surface area contributed by atoms with Gasteiger partial charge in [-0.1, -0.05) is 0 Å². The van der Waals surface area contributed by atoms with E-state index in [1.807, 2.05) is 0 Å². The van der Waals surface area contributed by atoms with Crippen LogP contribution in [0.3, 0.4) is 0 Å². The van der Waals surface area contributed by atoms with E-state index in [0.29, 0.717) is 0 Å². The molecule has 3 aliphatic rings. The van der Waals surface area contributed by atoms with E-state index in [0.717, 1.165) is 36.3 Å². The molecule has 2 bridgehead atoms. The van der Waals surface area contributed by atoms with Crippen molar-refractivity contribution in [2.24, 2.45) is 17.8 Å². The van der Waals surface area contributed by atoms with Crippen LogP contribution >= 0.6 is 11.6 Å². The van der Waals surface area contributed by atoms with Gasteiger partial charge in [0, 0.05) is 6.04 Å². The number of fused-ring (bicyclic) bond motifs is 4. The molecule has 0 unspecified atom stereocenters. The van der Waals surface area contributed by atoms with Crippen LogP contribution in [-0.4, -0.2) is 33.2 Å². The highest BCUT2D eigenvalue weighted by atomic mass is 35.5. The summed E-state index contributed by atoms with van der Waals surface area (Å²) < 4.78 is 45.7. The molecule has 28 heavy (non-hydrogen) atoms. The topological polar surface area (TPSA) is 68.5 Å². The standard InChI is InChI=1S/C18H20ClF3N4O2/c1-2-28-16(27)13-9-3-5-10(6-4-9)14(13)23-15-11-7-8-12(18(20,21)22)26(11)25-17(19)24-15/h7-10,13-14H,2-6H2,1H3,(H,23,24,25)/t9?,10?,13-,14-/m1/s1. The van der Waals surface area contributed by atoms with Gasteiger partial charge in [-0.25, -0.2) is 4.52 Å². The SMILES string of the molecule is CCOC(=O)[C@@H]1C2CCC(CC2)[C@H]1Nc1nc(Cl)nn2c(C(F)(F)F)ccc12. The lowest BCUT2D eigenvalue weighted by Crippen LogP contribution is -2.52. The molecule has 0 aromatic carbocycles. The average molecular weight is 417 g/mol. The molecule has 2 aromatic heterocycles. The minimum atomic E-state index is -4.57. The molecule has 2 atom stereocenters. The Labute approximate surface area is 164 Å². The molecular weight excluding hydrogens is 397 g/mol. The molecule has 5 rings (SSSR count). The summed E-state index contributed by atoms with van der Waals surface area (Å²) in [6.45, 7) is 2.05. The van der Waals surface area contributed by atoms with Crippen molar-refractivity contribution < 1.29 is 22.7 Å². The van der Waals surface area contributed by atoms with Gasteiger partial charge in [-0.3, -0.25) is 4.79 Å². The van der Waals surface area contributed by atoms with Gasteiger partial charge in [-0.05, 0) is 68.2 Å². The Morgan fingerprint density at radius 3 is 2.61 bits per heavy atom. The summed E-state index contributed by atoms with van der Waals surface area (Å²) in [6.07, 6.45) is -0.742. The molecule has 10 heteroatoms. The maximum absolute atomic E-state index is 13.2. The third kappa shape index (κ3) is 3.29. The van der Waals surface area contributed by atoms with E-state index < -0.39 is 11.9 Å². The van der Waals surface area contributed by atoms with Crippen LogP contribution in [0.25, 0.3) is 5.52 Å². The lowest BCUT2D eigenvalue weighted by molar-refractivity contribution is -0.154. The smallest absolute Gasteiger partial charge is 0.433 e. The molecule has 3 saturated carbocycles. The minimum absolute atomic E-state index is 0.167. The van der Waals surface area contributed by atoms with Gasteiger partial charge in [-0.15, -0.1) is 5.10 Å². The largest absolute Gasteiger partial charge is 0.466 e. The van der Waals surface area contributed by atoms with Crippen molar-refractivity contribution in [1.82, 2.24) is 14.6 Å². The second-order valence-corrected chi connectivity index (χ2v) is 7.70. The zero-order valence-corrected chi connectivity index (χ0v) is 15.9. The normalized spacial score (nSPS) is 27.2. The zero-order valence-electron chi connectivity index (χ0n) is 15.2. The Hall–Kier alpha value is -2.03. The van der Waals surface area contributed by atoms with Crippen molar-refractivity contribution in [3.63, 3.8) is 0 Å². The van der Waals surface area contributed by atoms with Crippen LogP contribution in [0.5, 0.6) is 0 Å². The predicted molar refractivity (Wildman–Crippen MR) is 96.0 cm³/mol. The first kappa shape index (κ1) is 19.3. The van der Waals surface area contributed by atoms with Crippen molar-refractivity contribution in [1.29, 1.82) is 0 Å². The number of anilines is 1. The first-order chi connectivity index (χ1) is 13.3. The number of hydrogen-bond donors (Lipinski definition) is 1. The van der Waals surface area contributed by atoms with Gasteiger partial charge < -0.3 is 10.1 Å². The van der Waals surface area contributed by atoms with Crippen molar-refractivity contribution in [2.45, 2.75) is 44.8 Å². The predicted octanol–water partition coefficient (Wildman–Crippen LogP) is 4.18. The fraction of sp³-hybridized carbons (Fsp3) is 0.611. The van der Waals surface area contributed by atoms with Crippen LogP contribution in [0.1, 0.15) is 38.3 Å². The molecule has 2 heterocycles. The summed E-state index contributed by atoms with van der Waals surface area (Å²) >= 11 is 5.91. The number of carbonyl (C=O) groups excluding carboxylic acids is 1. The van der Waals surface area contributed by atoms with Gasteiger partial charge in [0.05, 0.1) is 12.5 Å². The molecule has 2 aromatic rings. The number of nitrogens with one attached hydrogen (secondary N) is 1. The molecule has 152 valence electrons. The van der Waals surface area contributed by atoms with Crippen LogP contribution in [0.15, 0.2) is 12.1 Å². The summed E-state index contributed by atoms with van der Waals surface area (Å²) in [6, 6.07) is 1.99. The van der Waals surface area contributed by atoms with Gasteiger partial charge >= 0.3 is 12.1 Å². The first-order valence-corrected chi connectivity index (χ1v) is 9.73. The third-order valence-corrected chi connectivity index (χ3v) is 6.02. The molecule has 0 spiro atoms. The van der Waals surface area contributed by atoms with E-state index in [2.05, 4.69) is 15.4 Å². The molecule has 0 aliphatic heterocycles.